The van der Waals surface area contributed by atoms with E-state index in [4.69, 9.17) is 0 Å². The molecular weight excluding hydrogens is 237 g/mol. The molecule has 18 heavy (non-hydrogen) atoms. The van der Waals surface area contributed by atoms with E-state index in [0.717, 1.165) is 0 Å². The van der Waals surface area contributed by atoms with Gasteiger partial charge in [-0.05, 0) is 30.5 Å². The molecule has 5 heteroatoms. The molecule has 1 unspecified atom stereocenters. The molecule has 0 heterocycles. The van der Waals surface area contributed by atoms with E-state index in [1.165, 1.54) is 23.1 Å². The minimum Gasteiger partial charge on any atom is -0.479 e. The van der Waals surface area contributed by atoms with Crippen LogP contribution in [0.2, 0.25) is 0 Å². The Hall–Kier alpha value is -1.91. The summed E-state index contributed by atoms with van der Waals surface area (Å²) in [5.74, 6) is -1.52. The number of carbonyl (C=O) groups is 2. The van der Waals surface area contributed by atoms with Crippen LogP contribution in [0.4, 0.5) is 4.39 Å². The third kappa shape index (κ3) is 3.06. The molecule has 0 spiro atoms. The lowest BCUT2D eigenvalue weighted by Gasteiger charge is -2.25. The van der Waals surface area contributed by atoms with E-state index in [1.807, 2.05) is 6.92 Å². The van der Waals surface area contributed by atoms with Crippen LogP contribution in [0, 0.1) is 12.7 Å². The molecule has 0 aliphatic rings. The minimum atomic E-state index is -1.12. The van der Waals surface area contributed by atoms with Crippen LogP contribution in [-0.4, -0.2) is 28.9 Å². The summed E-state index contributed by atoms with van der Waals surface area (Å²) in [7, 11) is 0. The fourth-order valence-electron chi connectivity index (χ4n) is 1.81. The van der Waals surface area contributed by atoms with Crippen LogP contribution in [0.3, 0.4) is 0 Å². The number of nitrogens with zero attached hydrogens (tertiary/aromatic N) is 1. The molecule has 98 valence electrons. The molecule has 0 fully saturated rings. The first-order valence-electron chi connectivity index (χ1n) is 5.71. The van der Waals surface area contributed by atoms with E-state index in [1.54, 1.807) is 6.92 Å². The van der Waals surface area contributed by atoms with Crippen LogP contribution in [0.15, 0.2) is 18.2 Å². The van der Waals surface area contributed by atoms with Crippen molar-refractivity contribution < 1.29 is 19.1 Å². The molecule has 1 rings (SSSR count). The van der Waals surface area contributed by atoms with Crippen LogP contribution in [0.5, 0.6) is 0 Å². The SMILES string of the molecule is CCCN(C=O)C(C(=O)O)c1ccc(F)c(C)c1. The topological polar surface area (TPSA) is 57.6 Å². The molecule has 0 radical (unpaired) electrons. The number of hydrogen-bond donors (Lipinski definition) is 1. The Labute approximate surface area is 105 Å². The lowest BCUT2D eigenvalue weighted by Crippen LogP contribution is -2.33. The van der Waals surface area contributed by atoms with Crippen molar-refractivity contribution in [3.8, 4) is 0 Å². The van der Waals surface area contributed by atoms with Crippen molar-refractivity contribution in [2.75, 3.05) is 6.54 Å². The average molecular weight is 253 g/mol. The largest absolute Gasteiger partial charge is 0.479 e. The molecule has 0 aromatic heterocycles. The fourth-order valence-corrected chi connectivity index (χ4v) is 1.81. The summed E-state index contributed by atoms with van der Waals surface area (Å²) in [5, 5.41) is 9.22. The summed E-state index contributed by atoms with van der Waals surface area (Å²) in [6, 6.07) is 3.00. The molecule has 0 aliphatic heterocycles. The highest BCUT2D eigenvalue weighted by atomic mass is 19.1. The fraction of sp³-hybridized carbons (Fsp3) is 0.385. The summed E-state index contributed by atoms with van der Waals surface area (Å²) in [4.78, 5) is 23.4. The van der Waals surface area contributed by atoms with E-state index >= 15 is 0 Å². The van der Waals surface area contributed by atoms with Gasteiger partial charge in [-0.3, -0.25) is 4.79 Å². The molecule has 0 saturated heterocycles. The van der Waals surface area contributed by atoms with Gasteiger partial charge >= 0.3 is 5.97 Å². The predicted molar refractivity (Wildman–Crippen MR) is 64.6 cm³/mol. The zero-order valence-electron chi connectivity index (χ0n) is 10.4. The lowest BCUT2D eigenvalue weighted by molar-refractivity contribution is -0.146. The van der Waals surface area contributed by atoms with Crippen molar-refractivity contribution in [3.63, 3.8) is 0 Å². The number of amides is 1. The predicted octanol–water partition coefficient (Wildman–Crippen LogP) is 2.13. The number of rotatable bonds is 6. The first-order valence-corrected chi connectivity index (χ1v) is 5.71. The Morgan fingerprint density at radius 3 is 2.67 bits per heavy atom. The number of benzene rings is 1. The van der Waals surface area contributed by atoms with Gasteiger partial charge in [-0.1, -0.05) is 19.1 Å². The molecule has 0 bridgehead atoms. The van der Waals surface area contributed by atoms with Crippen molar-refractivity contribution in [2.45, 2.75) is 26.3 Å². The number of carbonyl (C=O) groups excluding carboxylic acids is 1. The van der Waals surface area contributed by atoms with Gasteiger partial charge in [0.1, 0.15) is 5.82 Å². The highest BCUT2D eigenvalue weighted by molar-refractivity contribution is 5.78. The normalized spacial score (nSPS) is 11.9. The van der Waals surface area contributed by atoms with Gasteiger partial charge in [0.15, 0.2) is 6.04 Å². The molecule has 1 aromatic rings. The smallest absolute Gasteiger partial charge is 0.331 e. The number of carboxylic acids is 1. The Bertz CT molecular complexity index is 448. The van der Waals surface area contributed by atoms with E-state index in [0.29, 0.717) is 30.5 Å². The summed E-state index contributed by atoms with van der Waals surface area (Å²) in [5.41, 5.74) is 0.767. The molecule has 1 amide bonds. The van der Waals surface area contributed by atoms with E-state index in [9.17, 15) is 19.1 Å². The number of aryl methyl sites for hydroxylation is 1. The molecule has 0 aliphatic carbocycles. The Balaban J connectivity index is 3.14. The summed E-state index contributed by atoms with van der Waals surface area (Å²) >= 11 is 0. The highest BCUT2D eigenvalue weighted by Crippen LogP contribution is 2.22. The zero-order chi connectivity index (χ0) is 13.7. The first kappa shape index (κ1) is 14.2. The van der Waals surface area contributed by atoms with Gasteiger partial charge < -0.3 is 10.0 Å². The van der Waals surface area contributed by atoms with E-state index in [2.05, 4.69) is 0 Å². The molecule has 1 aromatic carbocycles. The van der Waals surface area contributed by atoms with E-state index < -0.39 is 17.8 Å². The van der Waals surface area contributed by atoms with Crippen LogP contribution >= 0.6 is 0 Å². The van der Waals surface area contributed by atoms with Crippen LogP contribution in [-0.2, 0) is 9.59 Å². The van der Waals surface area contributed by atoms with Gasteiger partial charge in [-0.25, -0.2) is 9.18 Å². The first-order chi connectivity index (χ1) is 8.51. The van der Waals surface area contributed by atoms with Crippen LogP contribution < -0.4 is 0 Å². The van der Waals surface area contributed by atoms with Crippen LogP contribution in [0.1, 0.15) is 30.5 Å². The number of halogens is 1. The summed E-state index contributed by atoms with van der Waals surface area (Å²) in [6.45, 7) is 3.75. The monoisotopic (exact) mass is 253 g/mol. The van der Waals surface area contributed by atoms with Crippen molar-refractivity contribution in [3.05, 3.63) is 35.1 Å². The maximum Gasteiger partial charge on any atom is 0.331 e. The zero-order valence-corrected chi connectivity index (χ0v) is 10.4. The van der Waals surface area contributed by atoms with E-state index in [-0.39, 0.29) is 0 Å². The second-order valence-corrected chi connectivity index (χ2v) is 4.09. The minimum absolute atomic E-state index is 0.344. The van der Waals surface area contributed by atoms with Crippen molar-refractivity contribution in [1.29, 1.82) is 0 Å². The second kappa shape index (κ2) is 6.14. The Morgan fingerprint density at radius 1 is 1.56 bits per heavy atom. The quantitative estimate of drug-likeness (QED) is 0.790. The summed E-state index contributed by atoms with van der Waals surface area (Å²) < 4.78 is 13.2. The second-order valence-electron chi connectivity index (χ2n) is 4.09. The molecular formula is C13H16FNO3. The standard InChI is InChI=1S/C13H16FNO3/c1-3-6-15(8-16)12(13(17)18)10-4-5-11(14)9(2)7-10/h4-5,7-8,12H,3,6H2,1-2H3,(H,17,18). The lowest BCUT2D eigenvalue weighted by atomic mass is 10.0. The van der Waals surface area contributed by atoms with Crippen molar-refractivity contribution >= 4 is 12.4 Å². The maximum absolute atomic E-state index is 13.2. The molecule has 4 nitrogen and oxygen atoms in total. The van der Waals surface area contributed by atoms with Crippen molar-refractivity contribution in [1.82, 2.24) is 4.90 Å². The van der Waals surface area contributed by atoms with Crippen molar-refractivity contribution in [2.24, 2.45) is 0 Å². The molecule has 0 saturated carbocycles. The average Bonchev–Trinajstić information content (AvgIpc) is 2.32. The Morgan fingerprint density at radius 2 is 2.22 bits per heavy atom. The molecule has 1 N–H and O–H groups in total. The van der Waals surface area contributed by atoms with Gasteiger partial charge in [0.25, 0.3) is 0 Å². The van der Waals surface area contributed by atoms with Crippen LogP contribution in [0.25, 0.3) is 0 Å². The molecule has 1 atom stereocenters. The third-order valence-corrected chi connectivity index (χ3v) is 2.68. The summed E-state index contributed by atoms with van der Waals surface area (Å²) in [6.07, 6.45) is 1.17. The Kier molecular flexibility index (Phi) is 4.83. The van der Waals surface area contributed by atoms with Gasteiger partial charge in [-0.15, -0.1) is 0 Å². The highest BCUT2D eigenvalue weighted by Gasteiger charge is 2.26. The number of hydrogen-bond acceptors (Lipinski definition) is 2. The van der Waals surface area contributed by atoms with Gasteiger partial charge in [0.05, 0.1) is 0 Å². The van der Waals surface area contributed by atoms with Gasteiger partial charge in [-0.2, -0.15) is 0 Å². The number of carboxylic acid groups (broad SMARTS) is 1. The maximum atomic E-state index is 13.2. The van der Waals surface area contributed by atoms with Gasteiger partial charge in [0, 0.05) is 6.54 Å². The third-order valence-electron chi connectivity index (χ3n) is 2.68. The number of aliphatic carboxylic acids is 1. The van der Waals surface area contributed by atoms with Gasteiger partial charge in [0.2, 0.25) is 6.41 Å².